The summed E-state index contributed by atoms with van der Waals surface area (Å²) in [6.45, 7) is 3.24. The van der Waals surface area contributed by atoms with Crippen molar-refractivity contribution in [2.45, 2.75) is 43.4 Å². The Hall–Kier alpha value is -1.76. The van der Waals surface area contributed by atoms with Crippen molar-refractivity contribution in [3.63, 3.8) is 0 Å². The Labute approximate surface area is 164 Å². The number of nitrogens with zero attached hydrogens (tertiary/aromatic N) is 2. The molecule has 4 nitrogen and oxygen atoms in total. The lowest BCUT2D eigenvalue weighted by atomic mass is 9.99. The molecule has 1 aliphatic heterocycles. The van der Waals surface area contributed by atoms with Crippen LogP contribution in [0.5, 0.6) is 0 Å². The summed E-state index contributed by atoms with van der Waals surface area (Å²) in [6, 6.07) is 15.5. The lowest BCUT2D eigenvalue weighted by molar-refractivity contribution is 0.319. The molecule has 0 spiro atoms. The van der Waals surface area contributed by atoms with Gasteiger partial charge in [0, 0.05) is 19.0 Å². The zero-order valence-corrected chi connectivity index (χ0v) is 17.1. The van der Waals surface area contributed by atoms with Gasteiger partial charge in [0.2, 0.25) is 10.0 Å². The van der Waals surface area contributed by atoms with E-state index in [1.165, 1.54) is 10.3 Å². The highest BCUT2D eigenvalue weighted by molar-refractivity contribution is 7.89. The van der Waals surface area contributed by atoms with Crippen LogP contribution in [0, 0.1) is 0 Å². The molecule has 3 aromatic rings. The minimum Gasteiger partial charge on any atom is -0.241 e. The number of para-hydroxylation sites is 1. The third-order valence-corrected chi connectivity index (χ3v) is 8.33. The zero-order valence-electron chi connectivity index (χ0n) is 15.5. The van der Waals surface area contributed by atoms with Gasteiger partial charge in [0.25, 0.3) is 0 Å². The van der Waals surface area contributed by atoms with E-state index in [1.54, 1.807) is 27.8 Å². The normalized spacial score (nSPS) is 16.8. The van der Waals surface area contributed by atoms with Crippen LogP contribution < -0.4 is 0 Å². The molecule has 27 heavy (non-hydrogen) atoms. The van der Waals surface area contributed by atoms with Gasteiger partial charge in [-0.25, -0.2) is 13.4 Å². The topological polar surface area (TPSA) is 50.3 Å². The van der Waals surface area contributed by atoms with E-state index in [1.807, 2.05) is 30.3 Å². The van der Waals surface area contributed by atoms with Gasteiger partial charge in [-0.05, 0) is 49.1 Å². The molecule has 1 aromatic heterocycles. The van der Waals surface area contributed by atoms with Crippen molar-refractivity contribution in [1.82, 2.24) is 9.29 Å². The van der Waals surface area contributed by atoms with Crippen molar-refractivity contribution >= 4 is 31.6 Å². The number of hydrogen-bond acceptors (Lipinski definition) is 4. The van der Waals surface area contributed by atoms with Gasteiger partial charge < -0.3 is 0 Å². The van der Waals surface area contributed by atoms with Crippen LogP contribution in [0.2, 0.25) is 0 Å². The molecule has 6 heteroatoms. The average molecular weight is 401 g/mol. The van der Waals surface area contributed by atoms with Gasteiger partial charge in [-0.1, -0.05) is 37.6 Å². The third kappa shape index (κ3) is 3.79. The van der Waals surface area contributed by atoms with Crippen molar-refractivity contribution in [3.05, 3.63) is 59.1 Å². The molecule has 2 aromatic carbocycles. The van der Waals surface area contributed by atoms with Gasteiger partial charge in [-0.15, -0.1) is 11.3 Å². The Morgan fingerprint density at radius 1 is 1.07 bits per heavy atom. The summed E-state index contributed by atoms with van der Waals surface area (Å²) in [6.07, 6.45) is 3.69. The van der Waals surface area contributed by atoms with Crippen LogP contribution in [0.3, 0.4) is 0 Å². The number of thiazole rings is 1. The summed E-state index contributed by atoms with van der Waals surface area (Å²) in [5.41, 5.74) is 2.23. The summed E-state index contributed by atoms with van der Waals surface area (Å²) >= 11 is 1.74. The first-order chi connectivity index (χ1) is 13.1. The number of rotatable bonds is 5. The molecule has 2 heterocycles. The quantitative estimate of drug-likeness (QED) is 0.617. The Morgan fingerprint density at radius 3 is 2.44 bits per heavy atom. The number of benzene rings is 2. The smallest absolute Gasteiger partial charge is 0.241 e. The lowest BCUT2D eigenvalue weighted by Crippen LogP contribution is -2.37. The Balaban J connectivity index is 1.46. The summed E-state index contributed by atoms with van der Waals surface area (Å²) in [5, 5.41) is 1.14. The van der Waals surface area contributed by atoms with E-state index >= 15 is 0 Å². The fourth-order valence-electron chi connectivity index (χ4n) is 3.67. The van der Waals surface area contributed by atoms with Crippen LogP contribution in [-0.2, 0) is 16.4 Å². The Bertz CT molecular complexity index is 985. The Kier molecular flexibility index (Phi) is 5.30. The standard InChI is InChI=1S/C21H24N2O2S2/c1-2-5-16-8-10-18(11-9-16)27(24,25)23-14-12-17(13-15-23)21-22-19-6-3-4-7-20(19)26-21/h3-4,6-11,17H,2,5,12-15H2,1H3. The summed E-state index contributed by atoms with van der Waals surface area (Å²) in [5.74, 6) is 0.348. The van der Waals surface area contributed by atoms with Crippen molar-refractivity contribution < 1.29 is 8.42 Å². The van der Waals surface area contributed by atoms with Gasteiger partial charge in [0.1, 0.15) is 0 Å². The van der Waals surface area contributed by atoms with E-state index < -0.39 is 10.0 Å². The molecule has 1 saturated heterocycles. The van der Waals surface area contributed by atoms with Crippen molar-refractivity contribution in [1.29, 1.82) is 0 Å². The molecule has 0 atom stereocenters. The molecule has 0 saturated carbocycles. The monoisotopic (exact) mass is 400 g/mol. The van der Waals surface area contributed by atoms with Gasteiger partial charge in [0.15, 0.2) is 0 Å². The fraction of sp³-hybridized carbons (Fsp3) is 0.381. The largest absolute Gasteiger partial charge is 0.243 e. The molecule has 0 N–H and O–H groups in total. The number of aryl methyl sites for hydroxylation is 1. The first-order valence-electron chi connectivity index (χ1n) is 9.52. The molecular weight excluding hydrogens is 376 g/mol. The van der Waals surface area contributed by atoms with E-state index in [-0.39, 0.29) is 0 Å². The predicted octanol–water partition coefficient (Wildman–Crippen LogP) is 4.82. The predicted molar refractivity (Wildman–Crippen MR) is 111 cm³/mol. The average Bonchev–Trinajstić information content (AvgIpc) is 3.13. The second kappa shape index (κ2) is 7.70. The maximum atomic E-state index is 13.0. The van der Waals surface area contributed by atoms with E-state index in [0.29, 0.717) is 23.9 Å². The molecule has 0 unspecified atom stereocenters. The summed E-state index contributed by atoms with van der Waals surface area (Å²) in [7, 11) is -3.41. The summed E-state index contributed by atoms with van der Waals surface area (Å²) in [4.78, 5) is 5.16. The van der Waals surface area contributed by atoms with Crippen molar-refractivity contribution in [3.8, 4) is 0 Å². The number of fused-ring (bicyclic) bond motifs is 1. The van der Waals surface area contributed by atoms with Crippen molar-refractivity contribution in [2.24, 2.45) is 0 Å². The van der Waals surface area contributed by atoms with Gasteiger partial charge in [0.05, 0.1) is 20.1 Å². The minimum absolute atomic E-state index is 0.348. The minimum atomic E-state index is -3.41. The highest BCUT2D eigenvalue weighted by atomic mass is 32.2. The SMILES string of the molecule is CCCc1ccc(S(=O)(=O)N2CCC(c3nc4ccccc4s3)CC2)cc1. The van der Waals surface area contributed by atoms with Crippen LogP contribution in [0.25, 0.3) is 10.2 Å². The van der Waals surface area contributed by atoms with Gasteiger partial charge >= 0.3 is 0 Å². The second-order valence-corrected chi connectivity index (χ2v) is 10.1. The molecule has 0 bridgehead atoms. The van der Waals surface area contributed by atoms with E-state index in [2.05, 4.69) is 13.0 Å². The van der Waals surface area contributed by atoms with Crippen LogP contribution in [-0.4, -0.2) is 30.8 Å². The van der Waals surface area contributed by atoms with E-state index in [0.717, 1.165) is 36.2 Å². The molecule has 0 amide bonds. The number of aromatic nitrogens is 1. The second-order valence-electron chi connectivity index (χ2n) is 7.09. The first-order valence-corrected chi connectivity index (χ1v) is 11.8. The number of hydrogen-bond donors (Lipinski definition) is 0. The molecular formula is C21H24N2O2S2. The molecule has 142 valence electrons. The zero-order chi connectivity index (χ0) is 18.9. The maximum absolute atomic E-state index is 13.0. The molecule has 1 fully saturated rings. The first kappa shape index (κ1) is 18.6. The molecule has 4 rings (SSSR count). The van der Waals surface area contributed by atoms with E-state index in [9.17, 15) is 8.42 Å². The third-order valence-electron chi connectivity index (χ3n) is 5.21. The van der Waals surface area contributed by atoms with E-state index in [4.69, 9.17) is 4.98 Å². The van der Waals surface area contributed by atoms with Crippen LogP contribution >= 0.6 is 11.3 Å². The number of piperidine rings is 1. The fourth-order valence-corrected chi connectivity index (χ4v) is 6.28. The van der Waals surface area contributed by atoms with Gasteiger partial charge in [-0.3, -0.25) is 0 Å². The van der Waals surface area contributed by atoms with Crippen LogP contribution in [0.15, 0.2) is 53.4 Å². The highest BCUT2D eigenvalue weighted by Crippen LogP contribution is 2.35. The summed E-state index contributed by atoms with van der Waals surface area (Å²) < 4.78 is 28.7. The Morgan fingerprint density at radius 2 is 1.78 bits per heavy atom. The van der Waals surface area contributed by atoms with Crippen molar-refractivity contribution in [2.75, 3.05) is 13.1 Å². The van der Waals surface area contributed by atoms with Gasteiger partial charge in [-0.2, -0.15) is 4.31 Å². The number of sulfonamides is 1. The molecule has 0 radical (unpaired) electrons. The van der Waals surface area contributed by atoms with Crippen LogP contribution in [0.4, 0.5) is 0 Å². The lowest BCUT2D eigenvalue weighted by Gasteiger charge is -2.30. The molecule has 0 aliphatic carbocycles. The van der Waals surface area contributed by atoms with Crippen LogP contribution in [0.1, 0.15) is 42.7 Å². The molecule has 1 aliphatic rings. The highest BCUT2D eigenvalue weighted by Gasteiger charge is 2.31. The maximum Gasteiger partial charge on any atom is 0.243 e.